The summed E-state index contributed by atoms with van der Waals surface area (Å²) in [6.45, 7) is 3.00. The first-order valence-corrected chi connectivity index (χ1v) is 12.4. The van der Waals surface area contributed by atoms with Gasteiger partial charge in [0.05, 0.1) is 6.54 Å². The molecule has 1 amide bonds. The summed E-state index contributed by atoms with van der Waals surface area (Å²) in [6.07, 6.45) is 13.1. The predicted octanol–water partition coefficient (Wildman–Crippen LogP) is 1.66. The fraction of sp³-hybridized carbons (Fsp3) is 0.625. The Kier molecular flexibility index (Phi) is 8.20. The Morgan fingerprint density at radius 2 is 1.72 bits per heavy atom. The van der Waals surface area contributed by atoms with Gasteiger partial charge in [-0.3, -0.25) is 9.89 Å². The molecule has 3 atom stereocenters. The predicted molar refractivity (Wildman–Crippen MR) is 137 cm³/mol. The minimum absolute atomic E-state index is 0.340. The molecule has 11 nitrogen and oxygen atoms in total. The number of piperazine rings is 1. The Morgan fingerprint density at radius 3 is 2.31 bits per heavy atom. The summed E-state index contributed by atoms with van der Waals surface area (Å²) in [4.78, 5) is 29.9. The topological polar surface area (TPSA) is 118 Å². The number of amides is 1. The van der Waals surface area contributed by atoms with E-state index in [2.05, 4.69) is 55.5 Å². The van der Waals surface area contributed by atoms with Crippen molar-refractivity contribution in [2.75, 3.05) is 55.4 Å². The number of likely N-dealkylation sites (N-methyl/N-ethyl adjacent to an activating group) is 1. The number of H-pyrrole nitrogens is 1. The quantitative estimate of drug-likeness (QED) is 0.404. The minimum atomic E-state index is -0.825. The van der Waals surface area contributed by atoms with E-state index in [0.29, 0.717) is 67.6 Å². The molecule has 36 heavy (non-hydrogen) atoms. The second-order valence-electron chi connectivity index (χ2n) is 9.62. The number of hydrogen-bond acceptors (Lipinski definition) is 9. The van der Waals surface area contributed by atoms with Gasteiger partial charge in [0.1, 0.15) is 6.17 Å². The van der Waals surface area contributed by atoms with Gasteiger partial charge in [-0.2, -0.15) is 20.1 Å². The summed E-state index contributed by atoms with van der Waals surface area (Å²) < 4.78 is 13.9. The van der Waals surface area contributed by atoms with Gasteiger partial charge < -0.3 is 25.3 Å². The number of carbonyl (C=O) groups is 1. The zero-order valence-corrected chi connectivity index (χ0v) is 20.9. The zero-order chi connectivity index (χ0) is 25.7. The summed E-state index contributed by atoms with van der Waals surface area (Å²) in [5.74, 6) is 3.04. The molecule has 4 fully saturated rings. The average molecular weight is 499 g/mol. The van der Waals surface area contributed by atoms with Crippen LogP contribution >= 0.6 is 0 Å². The van der Waals surface area contributed by atoms with Crippen molar-refractivity contribution in [3.05, 3.63) is 11.8 Å². The van der Waals surface area contributed by atoms with Crippen molar-refractivity contribution in [2.45, 2.75) is 56.3 Å². The molecule has 0 unspecified atom stereocenters. The van der Waals surface area contributed by atoms with Crippen LogP contribution in [0.25, 0.3) is 0 Å². The number of carbonyl (C=O) groups excluding carboxylic acids is 1. The smallest absolute Gasteiger partial charge is 0.235 e. The first-order valence-electron chi connectivity index (χ1n) is 12.4. The van der Waals surface area contributed by atoms with E-state index in [9.17, 15) is 4.39 Å². The number of hydrogen-bond donors (Lipinski definition) is 3. The van der Waals surface area contributed by atoms with Gasteiger partial charge >= 0.3 is 0 Å². The summed E-state index contributed by atoms with van der Waals surface area (Å²) in [5.41, 5.74) is 1.16. The lowest BCUT2D eigenvalue weighted by Crippen LogP contribution is -2.53. The van der Waals surface area contributed by atoms with E-state index in [0.717, 1.165) is 31.6 Å². The van der Waals surface area contributed by atoms with E-state index in [-0.39, 0.29) is 0 Å². The zero-order valence-electron chi connectivity index (χ0n) is 20.9. The highest BCUT2D eigenvalue weighted by atomic mass is 19.1. The molecule has 6 rings (SSSR count). The van der Waals surface area contributed by atoms with E-state index < -0.39 is 6.17 Å². The number of likely N-dealkylation sites (tertiary alicyclic amines) is 1. The van der Waals surface area contributed by atoms with Crippen LogP contribution in [-0.2, 0) is 4.79 Å². The normalized spacial score (nSPS) is 24.9. The summed E-state index contributed by atoms with van der Waals surface area (Å²) in [6, 6.07) is 2.86. The maximum atomic E-state index is 13.9. The SMILES string of the molecule is C#C.CN1C[C@@H]2CC[C@@H](C1)N2c1nc(Nc2cc(C3CC3)[nH]n2)nc(N2CC[C@@H](F)C2)n1.CNC=O. The molecule has 3 saturated heterocycles. The molecule has 1 aliphatic carbocycles. The molecule has 12 heteroatoms. The summed E-state index contributed by atoms with van der Waals surface area (Å²) in [5, 5.41) is 13.0. The average Bonchev–Trinajstić information content (AvgIpc) is 3.37. The van der Waals surface area contributed by atoms with Crippen LogP contribution in [0.1, 0.15) is 43.7 Å². The fourth-order valence-corrected chi connectivity index (χ4v) is 5.12. The van der Waals surface area contributed by atoms with Crippen LogP contribution in [0.3, 0.4) is 0 Å². The highest BCUT2D eigenvalue weighted by molar-refractivity contribution is 5.54. The van der Waals surface area contributed by atoms with E-state index in [4.69, 9.17) is 14.8 Å². The monoisotopic (exact) mass is 498 g/mol. The van der Waals surface area contributed by atoms with Gasteiger partial charge in [0, 0.05) is 56.4 Å². The first-order chi connectivity index (χ1) is 17.5. The van der Waals surface area contributed by atoms with Gasteiger partial charge in [-0.1, -0.05) is 0 Å². The maximum Gasteiger partial charge on any atom is 0.235 e. The molecule has 2 bridgehead atoms. The third-order valence-corrected chi connectivity index (χ3v) is 6.89. The van der Waals surface area contributed by atoms with Gasteiger partial charge in [0.2, 0.25) is 24.3 Å². The molecule has 0 aromatic carbocycles. The molecule has 194 valence electrons. The number of nitrogens with one attached hydrogen (secondary N) is 3. The maximum absolute atomic E-state index is 13.9. The van der Waals surface area contributed by atoms with Crippen LogP contribution in [0.5, 0.6) is 0 Å². The Hall–Kier alpha value is -3.46. The number of alkyl halides is 1. The Bertz CT molecular complexity index is 1030. The first kappa shape index (κ1) is 25.6. The molecule has 0 spiro atoms. The Balaban J connectivity index is 0.000000465. The van der Waals surface area contributed by atoms with Crippen molar-refractivity contribution in [3.63, 3.8) is 0 Å². The van der Waals surface area contributed by atoms with Crippen LogP contribution in [0, 0.1) is 12.8 Å². The summed E-state index contributed by atoms with van der Waals surface area (Å²) in [7, 11) is 3.74. The second-order valence-corrected chi connectivity index (χ2v) is 9.62. The molecule has 3 aliphatic heterocycles. The van der Waals surface area contributed by atoms with Crippen LogP contribution in [0.2, 0.25) is 0 Å². The van der Waals surface area contributed by atoms with Crippen molar-refractivity contribution in [3.8, 4) is 12.8 Å². The molecular weight excluding hydrogens is 463 g/mol. The van der Waals surface area contributed by atoms with Gasteiger partial charge in [-0.25, -0.2) is 4.39 Å². The van der Waals surface area contributed by atoms with Crippen molar-refractivity contribution in [1.82, 2.24) is 35.4 Å². The van der Waals surface area contributed by atoms with Gasteiger partial charge in [0.15, 0.2) is 5.82 Å². The van der Waals surface area contributed by atoms with Crippen LogP contribution < -0.4 is 20.4 Å². The standard InChI is InChI=1S/C20H28FN9.C2H5NO.C2H2/c1-28-10-14-4-5-15(11-28)30(14)20-24-18(22-17-8-16(26-27-17)12-2-3-12)23-19(25-20)29-7-6-13(21)9-29;1-3-2-4;1-2/h8,12-15H,2-7,9-11H2,1H3,(H2,22,23,24,25,26,27);2H,1H3,(H,3,4);1-2H/t13-,14+,15+;;/m1../s1. The van der Waals surface area contributed by atoms with E-state index in [1.165, 1.54) is 12.8 Å². The molecule has 1 saturated carbocycles. The molecule has 2 aromatic rings. The number of fused-ring (bicyclic) bond motifs is 2. The summed E-state index contributed by atoms with van der Waals surface area (Å²) >= 11 is 0. The van der Waals surface area contributed by atoms with Crippen molar-refractivity contribution >= 4 is 30.1 Å². The fourth-order valence-electron chi connectivity index (χ4n) is 5.12. The number of halogens is 1. The second kappa shape index (κ2) is 11.5. The van der Waals surface area contributed by atoms with E-state index >= 15 is 0 Å². The number of nitrogens with zero attached hydrogens (tertiary/aromatic N) is 7. The van der Waals surface area contributed by atoms with Crippen LogP contribution in [-0.4, -0.2) is 95.0 Å². The van der Waals surface area contributed by atoms with Gasteiger partial charge in [-0.15, -0.1) is 12.8 Å². The number of aromatic nitrogens is 5. The molecule has 4 aliphatic rings. The van der Waals surface area contributed by atoms with Gasteiger partial charge in [0.25, 0.3) is 0 Å². The lowest BCUT2D eigenvalue weighted by atomic mass is 10.2. The molecular formula is C24H35FN10O. The largest absolute Gasteiger partial charge is 0.362 e. The highest BCUT2D eigenvalue weighted by Gasteiger charge is 2.41. The third-order valence-electron chi connectivity index (χ3n) is 6.89. The third kappa shape index (κ3) is 5.84. The molecule has 2 aromatic heterocycles. The highest BCUT2D eigenvalue weighted by Crippen LogP contribution is 2.40. The van der Waals surface area contributed by atoms with Crippen molar-refractivity contribution in [1.29, 1.82) is 0 Å². The number of terminal acetylenes is 1. The van der Waals surface area contributed by atoms with Crippen molar-refractivity contribution in [2.24, 2.45) is 0 Å². The molecule has 0 radical (unpaired) electrons. The number of aromatic amines is 1. The molecule has 5 heterocycles. The number of anilines is 4. The lowest BCUT2D eigenvalue weighted by molar-refractivity contribution is -0.109. The molecule has 3 N–H and O–H groups in total. The van der Waals surface area contributed by atoms with Crippen LogP contribution in [0.15, 0.2) is 6.07 Å². The Labute approximate surface area is 211 Å². The van der Waals surface area contributed by atoms with Crippen LogP contribution in [0.4, 0.5) is 28.1 Å². The van der Waals surface area contributed by atoms with E-state index in [1.54, 1.807) is 7.05 Å². The minimum Gasteiger partial charge on any atom is -0.362 e. The lowest BCUT2D eigenvalue weighted by Gasteiger charge is -2.39. The van der Waals surface area contributed by atoms with E-state index in [1.807, 2.05) is 11.0 Å². The van der Waals surface area contributed by atoms with Crippen molar-refractivity contribution < 1.29 is 9.18 Å². The number of rotatable bonds is 6. The van der Waals surface area contributed by atoms with Gasteiger partial charge in [-0.05, 0) is 39.2 Å². The Morgan fingerprint density at radius 1 is 1.06 bits per heavy atom.